The number of benzene rings is 1. The van der Waals surface area contributed by atoms with E-state index in [-0.39, 0.29) is 18.4 Å². The van der Waals surface area contributed by atoms with Crippen molar-refractivity contribution in [2.24, 2.45) is 5.92 Å². The molecule has 25 heavy (non-hydrogen) atoms. The van der Waals surface area contributed by atoms with E-state index in [1.54, 1.807) is 24.3 Å². The van der Waals surface area contributed by atoms with Gasteiger partial charge in [0, 0.05) is 24.3 Å². The van der Waals surface area contributed by atoms with Crippen LogP contribution in [0.4, 0.5) is 10.5 Å². The van der Waals surface area contributed by atoms with Crippen LogP contribution in [-0.2, 0) is 4.79 Å². The largest absolute Gasteiger partial charge is 0.390 e. The number of carbonyl (C=O) groups excluding carboxylic acids is 3. The Morgan fingerprint density at radius 1 is 1.12 bits per heavy atom. The molecule has 0 unspecified atom stereocenters. The van der Waals surface area contributed by atoms with Gasteiger partial charge in [-0.25, -0.2) is 4.79 Å². The van der Waals surface area contributed by atoms with Crippen molar-refractivity contribution in [1.29, 1.82) is 0 Å². The number of carbonyl (C=O) groups is 3. The predicted molar refractivity (Wildman–Crippen MR) is 90.1 cm³/mol. The van der Waals surface area contributed by atoms with Gasteiger partial charge in [0.2, 0.25) is 5.91 Å². The lowest BCUT2D eigenvalue weighted by Gasteiger charge is -2.34. The summed E-state index contributed by atoms with van der Waals surface area (Å²) in [6.45, 7) is 1.33. The van der Waals surface area contributed by atoms with Gasteiger partial charge in [-0.1, -0.05) is 0 Å². The fourth-order valence-corrected chi connectivity index (χ4v) is 3.77. The van der Waals surface area contributed by atoms with Gasteiger partial charge in [0.15, 0.2) is 0 Å². The highest BCUT2D eigenvalue weighted by atomic mass is 16.3. The van der Waals surface area contributed by atoms with E-state index in [9.17, 15) is 19.5 Å². The van der Waals surface area contributed by atoms with E-state index in [0.29, 0.717) is 30.3 Å². The van der Waals surface area contributed by atoms with Crippen molar-refractivity contribution in [1.82, 2.24) is 10.2 Å². The second-order valence-corrected chi connectivity index (χ2v) is 7.16. The van der Waals surface area contributed by atoms with Gasteiger partial charge in [-0.15, -0.1) is 0 Å². The Hall–Kier alpha value is -2.41. The molecule has 2 aliphatic heterocycles. The maximum absolute atomic E-state index is 12.6. The Morgan fingerprint density at radius 3 is 2.28 bits per heavy atom. The molecule has 3 aliphatic rings. The SMILES string of the molecule is O=C1CN(c2ccc(C(=O)N3CCC(C4(O)CC4)CC3)cc2)C(=O)N1. The van der Waals surface area contributed by atoms with Gasteiger partial charge in [0.25, 0.3) is 5.91 Å². The molecule has 4 rings (SSSR count). The van der Waals surface area contributed by atoms with Gasteiger partial charge in [-0.05, 0) is 55.9 Å². The van der Waals surface area contributed by atoms with Crippen molar-refractivity contribution in [2.75, 3.05) is 24.5 Å². The number of piperidine rings is 1. The minimum absolute atomic E-state index is 0.00253. The number of hydrogen-bond donors (Lipinski definition) is 2. The van der Waals surface area contributed by atoms with E-state index in [1.165, 1.54) is 4.90 Å². The molecule has 2 heterocycles. The number of likely N-dealkylation sites (tertiary alicyclic amines) is 1. The van der Waals surface area contributed by atoms with Crippen molar-refractivity contribution < 1.29 is 19.5 Å². The lowest BCUT2D eigenvalue weighted by molar-refractivity contribution is -0.117. The summed E-state index contributed by atoms with van der Waals surface area (Å²) < 4.78 is 0. The van der Waals surface area contributed by atoms with E-state index in [0.717, 1.165) is 25.7 Å². The van der Waals surface area contributed by atoms with Crippen LogP contribution in [0, 0.1) is 5.92 Å². The predicted octanol–water partition coefficient (Wildman–Crippen LogP) is 1.12. The molecule has 0 aromatic heterocycles. The summed E-state index contributed by atoms with van der Waals surface area (Å²) in [5, 5.41) is 12.4. The number of nitrogens with zero attached hydrogens (tertiary/aromatic N) is 2. The van der Waals surface area contributed by atoms with Crippen LogP contribution in [0.15, 0.2) is 24.3 Å². The normalized spacial score (nSPS) is 22.9. The Morgan fingerprint density at radius 2 is 1.76 bits per heavy atom. The Labute approximate surface area is 145 Å². The van der Waals surface area contributed by atoms with Crippen LogP contribution in [0.2, 0.25) is 0 Å². The first-order valence-corrected chi connectivity index (χ1v) is 8.69. The van der Waals surface area contributed by atoms with Crippen molar-refractivity contribution in [3.05, 3.63) is 29.8 Å². The quantitative estimate of drug-likeness (QED) is 0.805. The molecule has 0 radical (unpaired) electrons. The summed E-state index contributed by atoms with van der Waals surface area (Å²) in [7, 11) is 0. The zero-order valence-corrected chi connectivity index (χ0v) is 13.9. The Balaban J connectivity index is 1.39. The molecule has 0 spiro atoms. The fraction of sp³-hybridized carbons (Fsp3) is 0.500. The van der Waals surface area contributed by atoms with Crippen molar-refractivity contribution in [2.45, 2.75) is 31.3 Å². The van der Waals surface area contributed by atoms with Gasteiger partial charge < -0.3 is 10.0 Å². The van der Waals surface area contributed by atoms with Crippen LogP contribution < -0.4 is 10.2 Å². The third-order valence-electron chi connectivity index (χ3n) is 5.52. The maximum Gasteiger partial charge on any atom is 0.329 e. The summed E-state index contributed by atoms with van der Waals surface area (Å²) in [5.74, 6) is -0.0507. The topological polar surface area (TPSA) is 90.0 Å². The number of hydrogen-bond acceptors (Lipinski definition) is 4. The smallest absolute Gasteiger partial charge is 0.329 e. The number of amides is 4. The molecular formula is C18H21N3O4. The number of rotatable bonds is 3. The summed E-state index contributed by atoms with van der Waals surface area (Å²) in [4.78, 5) is 38.7. The van der Waals surface area contributed by atoms with E-state index in [1.807, 2.05) is 4.90 Å². The first-order chi connectivity index (χ1) is 12.0. The number of aliphatic hydroxyl groups is 1. The second kappa shape index (κ2) is 5.84. The lowest BCUT2D eigenvalue weighted by Crippen LogP contribution is -2.41. The molecular weight excluding hydrogens is 322 g/mol. The van der Waals surface area contributed by atoms with Gasteiger partial charge in [0.05, 0.1) is 5.60 Å². The third kappa shape index (κ3) is 3.00. The average Bonchev–Trinajstić information content (AvgIpc) is 3.29. The maximum atomic E-state index is 12.6. The van der Waals surface area contributed by atoms with Gasteiger partial charge >= 0.3 is 6.03 Å². The molecule has 0 bridgehead atoms. The van der Waals surface area contributed by atoms with Gasteiger partial charge in [0.1, 0.15) is 6.54 Å². The Kier molecular flexibility index (Phi) is 3.76. The molecule has 1 aromatic rings. The molecule has 3 fully saturated rings. The highest BCUT2D eigenvalue weighted by molar-refractivity contribution is 6.12. The zero-order chi connectivity index (χ0) is 17.6. The molecule has 1 saturated carbocycles. The lowest BCUT2D eigenvalue weighted by atomic mass is 9.89. The zero-order valence-electron chi connectivity index (χ0n) is 13.9. The summed E-state index contributed by atoms with van der Waals surface area (Å²) in [5.41, 5.74) is 0.692. The minimum atomic E-state index is -0.468. The van der Waals surface area contributed by atoms with Crippen molar-refractivity contribution in [3.63, 3.8) is 0 Å². The molecule has 2 N–H and O–H groups in total. The number of urea groups is 1. The summed E-state index contributed by atoms with van der Waals surface area (Å²) >= 11 is 0. The molecule has 4 amide bonds. The molecule has 132 valence electrons. The summed E-state index contributed by atoms with van der Waals surface area (Å²) in [6.07, 6.45) is 3.46. The average molecular weight is 343 g/mol. The molecule has 0 atom stereocenters. The fourth-order valence-electron chi connectivity index (χ4n) is 3.77. The number of imide groups is 1. The molecule has 7 nitrogen and oxygen atoms in total. The van der Waals surface area contributed by atoms with E-state index in [4.69, 9.17) is 0 Å². The number of nitrogens with one attached hydrogen (secondary N) is 1. The van der Waals surface area contributed by atoms with E-state index < -0.39 is 11.6 Å². The van der Waals surface area contributed by atoms with Gasteiger partial charge in [-0.3, -0.25) is 19.8 Å². The molecule has 1 aromatic carbocycles. The van der Waals surface area contributed by atoms with Crippen LogP contribution in [-0.4, -0.2) is 53.1 Å². The van der Waals surface area contributed by atoms with E-state index in [2.05, 4.69) is 5.32 Å². The van der Waals surface area contributed by atoms with Crippen LogP contribution in [0.5, 0.6) is 0 Å². The first kappa shape index (κ1) is 16.1. The molecule has 2 saturated heterocycles. The second-order valence-electron chi connectivity index (χ2n) is 7.16. The minimum Gasteiger partial charge on any atom is -0.390 e. The van der Waals surface area contributed by atoms with Crippen molar-refractivity contribution >= 4 is 23.5 Å². The van der Waals surface area contributed by atoms with Crippen LogP contribution >= 0.6 is 0 Å². The number of anilines is 1. The monoisotopic (exact) mass is 343 g/mol. The van der Waals surface area contributed by atoms with Crippen molar-refractivity contribution in [3.8, 4) is 0 Å². The standard InChI is InChI=1S/C18H21N3O4/c22-15-11-21(17(24)19-15)14-3-1-12(2-4-14)16(23)20-9-5-13(6-10-20)18(25)7-8-18/h1-4,13,25H,5-11H2,(H,19,22,24). The molecule has 1 aliphatic carbocycles. The highest BCUT2D eigenvalue weighted by Gasteiger charge is 2.48. The highest BCUT2D eigenvalue weighted by Crippen LogP contribution is 2.46. The molecule has 7 heteroatoms. The summed E-state index contributed by atoms with van der Waals surface area (Å²) in [6, 6.07) is 6.31. The van der Waals surface area contributed by atoms with Crippen LogP contribution in [0.3, 0.4) is 0 Å². The van der Waals surface area contributed by atoms with E-state index >= 15 is 0 Å². The third-order valence-corrected chi connectivity index (χ3v) is 5.52. The van der Waals surface area contributed by atoms with Crippen LogP contribution in [0.25, 0.3) is 0 Å². The van der Waals surface area contributed by atoms with Gasteiger partial charge in [-0.2, -0.15) is 0 Å². The van der Waals surface area contributed by atoms with Crippen LogP contribution in [0.1, 0.15) is 36.0 Å². The first-order valence-electron chi connectivity index (χ1n) is 8.69. The Bertz CT molecular complexity index is 718.